The number of nitrogens with zero attached hydrogens (tertiary/aromatic N) is 1. The number of aromatic hydroxyl groups is 1. The topological polar surface area (TPSA) is 108 Å². The lowest BCUT2D eigenvalue weighted by Crippen LogP contribution is -2.55. The molecule has 0 aliphatic carbocycles. The Morgan fingerprint density at radius 2 is 1.64 bits per heavy atom. The van der Waals surface area contributed by atoms with Gasteiger partial charge < -0.3 is 25.4 Å². The quantitative estimate of drug-likeness (QED) is 0.192. The minimum absolute atomic E-state index is 0.0429. The molecule has 0 radical (unpaired) electrons. The lowest BCUT2D eigenvalue weighted by molar-refractivity contribution is -0.142. The summed E-state index contributed by atoms with van der Waals surface area (Å²) < 4.78 is 5.49. The molecule has 3 N–H and O–H groups in total. The van der Waals surface area contributed by atoms with Gasteiger partial charge in [0.15, 0.2) is 0 Å². The normalized spacial score (nSPS) is 13.5. The van der Waals surface area contributed by atoms with Gasteiger partial charge in [0.1, 0.15) is 23.4 Å². The summed E-state index contributed by atoms with van der Waals surface area (Å²) in [6.45, 7) is 13.4. The summed E-state index contributed by atoms with van der Waals surface area (Å²) in [6, 6.07) is 9.62. The molecule has 2 aromatic rings. The van der Waals surface area contributed by atoms with Gasteiger partial charge in [0, 0.05) is 6.54 Å². The highest BCUT2D eigenvalue weighted by molar-refractivity contribution is 6.34. The van der Waals surface area contributed by atoms with E-state index >= 15 is 0 Å². The van der Waals surface area contributed by atoms with Gasteiger partial charge in [-0.05, 0) is 69.4 Å². The molecule has 42 heavy (non-hydrogen) atoms. The molecular weight excluding hydrogens is 554 g/mol. The molecule has 0 aromatic heterocycles. The fourth-order valence-electron chi connectivity index (χ4n) is 4.66. The zero-order valence-electron chi connectivity index (χ0n) is 26.1. The van der Waals surface area contributed by atoms with E-state index in [-0.39, 0.29) is 17.6 Å². The van der Waals surface area contributed by atoms with Crippen LogP contribution in [0.3, 0.4) is 0 Å². The van der Waals surface area contributed by atoms with Crippen molar-refractivity contribution >= 4 is 35.2 Å². The Labute approximate surface area is 256 Å². The second kappa shape index (κ2) is 16.4. The number of para-hydroxylation sites is 1. The lowest BCUT2D eigenvalue weighted by Gasteiger charge is -2.36. The fourth-order valence-corrected chi connectivity index (χ4v) is 4.93. The first-order chi connectivity index (χ1) is 19.8. The first-order valence-corrected chi connectivity index (χ1v) is 15.3. The highest BCUT2D eigenvalue weighted by atomic mass is 35.5. The molecule has 0 spiro atoms. The van der Waals surface area contributed by atoms with Crippen LogP contribution in [0.15, 0.2) is 42.5 Å². The number of ether oxygens (including phenoxy) is 1. The van der Waals surface area contributed by atoms with Crippen LogP contribution >= 0.6 is 11.6 Å². The number of unbranched alkanes of at least 4 members (excludes halogenated alkanes) is 4. The number of benzene rings is 2. The van der Waals surface area contributed by atoms with Gasteiger partial charge in [-0.2, -0.15) is 0 Å². The number of carbonyl (C=O) groups excluding carboxylic acids is 3. The number of nitrogens with one attached hydrogen (secondary N) is 2. The second-order valence-corrected chi connectivity index (χ2v) is 12.3. The average molecular weight is 602 g/mol. The molecule has 0 bridgehead atoms. The van der Waals surface area contributed by atoms with Crippen molar-refractivity contribution in [2.75, 3.05) is 11.9 Å². The average Bonchev–Trinajstić information content (AvgIpc) is 2.92. The summed E-state index contributed by atoms with van der Waals surface area (Å²) in [6.07, 6.45) is 4.66. The Balaban J connectivity index is 2.58. The molecule has 3 atom stereocenters. The van der Waals surface area contributed by atoms with E-state index < -0.39 is 29.7 Å². The highest BCUT2D eigenvalue weighted by Crippen LogP contribution is 2.31. The van der Waals surface area contributed by atoms with Crippen LogP contribution in [0.1, 0.15) is 97.2 Å². The maximum absolute atomic E-state index is 14.4. The summed E-state index contributed by atoms with van der Waals surface area (Å²) in [5.74, 6) is -1.02. The molecule has 0 saturated heterocycles. The Kier molecular flexibility index (Phi) is 13.6. The van der Waals surface area contributed by atoms with Crippen LogP contribution < -0.4 is 10.6 Å². The molecule has 3 amide bonds. The van der Waals surface area contributed by atoms with Crippen molar-refractivity contribution in [3.63, 3.8) is 0 Å². The van der Waals surface area contributed by atoms with Gasteiger partial charge in [-0.1, -0.05) is 88.7 Å². The Morgan fingerprint density at radius 3 is 2.21 bits per heavy atom. The summed E-state index contributed by atoms with van der Waals surface area (Å²) in [5, 5.41) is 16.1. The molecule has 2 aromatic carbocycles. The monoisotopic (exact) mass is 601 g/mol. The number of carbonyl (C=O) groups is 3. The maximum Gasteiger partial charge on any atom is 0.408 e. The summed E-state index contributed by atoms with van der Waals surface area (Å²) in [5.41, 5.74) is 1.03. The van der Waals surface area contributed by atoms with Gasteiger partial charge in [0.05, 0.1) is 10.7 Å². The van der Waals surface area contributed by atoms with Crippen LogP contribution in [0.4, 0.5) is 10.5 Å². The van der Waals surface area contributed by atoms with Gasteiger partial charge in [-0.15, -0.1) is 0 Å². The number of halogens is 1. The van der Waals surface area contributed by atoms with Crippen molar-refractivity contribution in [1.29, 1.82) is 0 Å². The number of aryl methyl sites for hydroxylation is 1. The third kappa shape index (κ3) is 10.5. The Bertz CT molecular complexity index is 1160. The van der Waals surface area contributed by atoms with E-state index in [1.807, 2.05) is 26.8 Å². The van der Waals surface area contributed by atoms with Gasteiger partial charge in [-0.3, -0.25) is 9.59 Å². The number of hydrogen-bond acceptors (Lipinski definition) is 5. The number of rotatable bonds is 14. The molecule has 2 rings (SSSR count). The molecule has 8 nitrogen and oxygen atoms in total. The van der Waals surface area contributed by atoms with Gasteiger partial charge >= 0.3 is 6.09 Å². The number of anilines is 1. The molecule has 0 aliphatic heterocycles. The molecule has 0 saturated carbocycles. The molecule has 232 valence electrons. The van der Waals surface area contributed by atoms with Crippen molar-refractivity contribution in [2.24, 2.45) is 5.92 Å². The van der Waals surface area contributed by atoms with Crippen molar-refractivity contribution in [1.82, 2.24) is 10.2 Å². The standard InChI is InChI=1S/C33H48ClN3O5/c1-8-10-11-12-13-21-37(31(40)28(22(3)9-2)36-32(41)42-33(5,6)7)29(24-17-19-25(38)20-18-24)30(39)35-27-23(4)15-14-16-26(27)34/h14-20,22,28-29,38H,8-13,21H2,1-7H3,(H,35,39)(H,36,41). The SMILES string of the molecule is CCCCCCCN(C(=O)C(NC(=O)OC(C)(C)C)C(C)CC)C(C(=O)Nc1c(C)cccc1Cl)c1ccc(O)cc1. The maximum atomic E-state index is 14.4. The van der Waals surface area contributed by atoms with E-state index in [1.165, 1.54) is 12.1 Å². The smallest absolute Gasteiger partial charge is 0.408 e. The van der Waals surface area contributed by atoms with E-state index in [4.69, 9.17) is 16.3 Å². The van der Waals surface area contributed by atoms with Crippen molar-refractivity contribution in [3.8, 4) is 5.75 Å². The van der Waals surface area contributed by atoms with Crippen LogP contribution in [0.25, 0.3) is 0 Å². The van der Waals surface area contributed by atoms with Crippen molar-refractivity contribution in [2.45, 2.75) is 105 Å². The van der Waals surface area contributed by atoms with E-state index in [9.17, 15) is 19.5 Å². The first-order valence-electron chi connectivity index (χ1n) is 14.9. The predicted octanol–water partition coefficient (Wildman–Crippen LogP) is 7.77. The zero-order valence-corrected chi connectivity index (χ0v) is 26.9. The van der Waals surface area contributed by atoms with Crippen molar-refractivity contribution in [3.05, 3.63) is 58.6 Å². The zero-order chi connectivity index (χ0) is 31.4. The largest absolute Gasteiger partial charge is 0.508 e. The minimum atomic E-state index is -1.05. The first kappa shape index (κ1) is 34.9. The summed E-state index contributed by atoms with van der Waals surface area (Å²) in [4.78, 5) is 43.0. The van der Waals surface area contributed by atoms with E-state index in [0.29, 0.717) is 35.7 Å². The Morgan fingerprint density at radius 1 is 1.00 bits per heavy atom. The minimum Gasteiger partial charge on any atom is -0.508 e. The third-order valence-electron chi connectivity index (χ3n) is 7.18. The Hall–Kier alpha value is -3.26. The van der Waals surface area contributed by atoms with Gasteiger partial charge in [-0.25, -0.2) is 4.79 Å². The van der Waals surface area contributed by atoms with E-state index in [1.54, 1.807) is 49.9 Å². The fraction of sp³-hybridized carbons (Fsp3) is 0.545. The molecule has 0 aliphatic rings. The van der Waals surface area contributed by atoms with Crippen LogP contribution in [-0.4, -0.2) is 46.1 Å². The number of phenolic OH excluding ortho intramolecular Hbond substituents is 1. The van der Waals surface area contributed by atoms with Crippen LogP contribution in [0.5, 0.6) is 5.75 Å². The van der Waals surface area contributed by atoms with E-state index in [0.717, 1.165) is 31.2 Å². The molecule has 0 heterocycles. The highest BCUT2D eigenvalue weighted by Gasteiger charge is 2.38. The third-order valence-corrected chi connectivity index (χ3v) is 7.49. The number of hydrogen-bond donors (Lipinski definition) is 3. The van der Waals surface area contributed by atoms with Crippen LogP contribution in [0.2, 0.25) is 5.02 Å². The van der Waals surface area contributed by atoms with Gasteiger partial charge in [0.25, 0.3) is 5.91 Å². The molecule has 9 heteroatoms. The lowest BCUT2D eigenvalue weighted by atomic mass is 9.95. The number of amides is 3. The van der Waals surface area contributed by atoms with Crippen LogP contribution in [-0.2, 0) is 14.3 Å². The van der Waals surface area contributed by atoms with Gasteiger partial charge in [0.2, 0.25) is 5.91 Å². The number of alkyl carbamates (subject to hydrolysis) is 1. The summed E-state index contributed by atoms with van der Waals surface area (Å²) >= 11 is 6.45. The number of phenols is 1. The van der Waals surface area contributed by atoms with E-state index in [2.05, 4.69) is 17.6 Å². The predicted molar refractivity (Wildman–Crippen MR) is 169 cm³/mol. The van der Waals surface area contributed by atoms with Crippen LogP contribution in [0, 0.1) is 12.8 Å². The molecular formula is C33H48ClN3O5. The summed E-state index contributed by atoms with van der Waals surface area (Å²) in [7, 11) is 0. The molecule has 3 unspecified atom stereocenters. The second-order valence-electron chi connectivity index (χ2n) is 11.9. The molecule has 0 fully saturated rings. The van der Waals surface area contributed by atoms with Crippen molar-refractivity contribution < 1.29 is 24.2 Å².